The van der Waals surface area contributed by atoms with Crippen LogP contribution in [0.15, 0.2) is 60.9 Å². The number of likely N-dealkylation sites (tertiary alicyclic amines) is 1. The zero-order chi connectivity index (χ0) is 17.8. The summed E-state index contributed by atoms with van der Waals surface area (Å²) in [5.74, 6) is 2.60. The van der Waals surface area contributed by atoms with Crippen molar-refractivity contribution in [1.29, 1.82) is 0 Å². The molecule has 0 spiro atoms. The quantitative estimate of drug-likeness (QED) is 0.694. The molecule has 1 aliphatic rings. The second kappa shape index (κ2) is 7.83. The van der Waals surface area contributed by atoms with Crippen molar-refractivity contribution in [1.82, 2.24) is 19.4 Å². The summed E-state index contributed by atoms with van der Waals surface area (Å²) >= 11 is 0. The van der Waals surface area contributed by atoms with Gasteiger partial charge in [-0.25, -0.2) is 9.97 Å². The summed E-state index contributed by atoms with van der Waals surface area (Å²) < 4.78 is 2.11. The summed E-state index contributed by atoms with van der Waals surface area (Å²) in [7, 11) is 0. The van der Waals surface area contributed by atoms with Crippen LogP contribution < -0.4 is 0 Å². The predicted octanol–water partition coefficient (Wildman–Crippen LogP) is 4.21. The summed E-state index contributed by atoms with van der Waals surface area (Å²) in [6.45, 7) is 5.45. The van der Waals surface area contributed by atoms with Crippen molar-refractivity contribution in [3.05, 3.63) is 78.0 Å². The lowest BCUT2D eigenvalue weighted by atomic mass is 9.93. The molecule has 1 fully saturated rings. The number of pyridine rings is 1. The fraction of sp³-hybridized carbons (Fsp3) is 0.364. The number of aryl methyl sites for hydroxylation is 1. The molecule has 3 aromatic rings. The van der Waals surface area contributed by atoms with Crippen LogP contribution in [0.5, 0.6) is 0 Å². The lowest BCUT2D eigenvalue weighted by molar-refractivity contribution is 0.203. The zero-order valence-corrected chi connectivity index (χ0v) is 15.4. The Kier molecular flexibility index (Phi) is 5.12. The molecule has 0 atom stereocenters. The number of benzene rings is 1. The number of aromatic nitrogens is 3. The summed E-state index contributed by atoms with van der Waals surface area (Å²) in [6, 6.07) is 17.2. The Morgan fingerprint density at radius 2 is 1.81 bits per heavy atom. The third kappa shape index (κ3) is 3.70. The van der Waals surface area contributed by atoms with Crippen molar-refractivity contribution < 1.29 is 0 Å². The SMILES string of the molecule is CCc1nccn1-c1cccc(C2CCN(Cc3ccccc3)CC2)n1. The van der Waals surface area contributed by atoms with Gasteiger partial charge in [0.2, 0.25) is 0 Å². The van der Waals surface area contributed by atoms with E-state index in [1.54, 1.807) is 0 Å². The van der Waals surface area contributed by atoms with Gasteiger partial charge in [-0.05, 0) is 43.6 Å². The maximum Gasteiger partial charge on any atom is 0.138 e. The first-order valence-electron chi connectivity index (χ1n) is 9.59. The van der Waals surface area contributed by atoms with Gasteiger partial charge in [-0.2, -0.15) is 0 Å². The minimum absolute atomic E-state index is 0.551. The van der Waals surface area contributed by atoms with E-state index in [1.165, 1.54) is 24.1 Å². The molecule has 4 heteroatoms. The summed E-state index contributed by atoms with van der Waals surface area (Å²) in [5, 5.41) is 0. The topological polar surface area (TPSA) is 34.0 Å². The van der Waals surface area contributed by atoms with Gasteiger partial charge in [0.25, 0.3) is 0 Å². The first kappa shape index (κ1) is 17.0. The molecule has 0 bridgehead atoms. The van der Waals surface area contributed by atoms with Gasteiger partial charge in [0.05, 0.1) is 0 Å². The fourth-order valence-corrected chi connectivity index (χ4v) is 3.83. The van der Waals surface area contributed by atoms with E-state index in [9.17, 15) is 0 Å². The maximum absolute atomic E-state index is 4.96. The van der Waals surface area contributed by atoms with Crippen LogP contribution >= 0.6 is 0 Å². The van der Waals surface area contributed by atoms with Crippen LogP contribution in [0.2, 0.25) is 0 Å². The largest absolute Gasteiger partial charge is 0.299 e. The summed E-state index contributed by atoms with van der Waals surface area (Å²) in [4.78, 5) is 11.9. The van der Waals surface area contributed by atoms with Crippen molar-refractivity contribution >= 4 is 0 Å². The predicted molar refractivity (Wildman–Crippen MR) is 104 cm³/mol. The molecule has 1 aliphatic heterocycles. The molecule has 0 saturated carbocycles. The second-order valence-corrected chi connectivity index (χ2v) is 7.02. The number of piperidine rings is 1. The Bertz CT molecular complexity index is 832. The van der Waals surface area contributed by atoms with Crippen LogP contribution in [-0.2, 0) is 13.0 Å². The van der Waals surface area contributed by atoms with Gasteiger partial charge in [-0.15, -0.1) is 0 Å². The highest BCUT2D eigenvalue weighted by atomic mass is 15.1. The van der Waals surface area contributed by atoms with Crippen LogP contribution in [0.25, 0.3) is 5.82 Å². The lowest BCUT2D eigenvalue weighted by Gasteiger charge is -2.31. The molecule has 0 amide bonds. The Labute approximate surface area is 155 Å². The van der Waals surface area contributed by atoms with E-state index in [2.05, 4.69) is 69.9 Å². The van der Waals surface area contributed by atoms with Gasteiger partial charge in [-0.3, -0.25) is 9.47 Å². The van der Waals surface area contributed by atoms with E-state index in [1.807, 2.05) is 12.4 Å². The minimum atomic E-state index is 0.551. The molecule has 3 heterocycles. The van der Waals surface area contributed by atoms with Crippen molar-refractivity contribution in [2.45, 2.75) is 38.6 Å². The minimum Gasteiger partial charge on any atom is -0.299 e. The van der Waals surface area contributed by atoms with Crippen molar-refractivity contribution in [3.8, 4) is 5.82 Å². The van der Waals surface area contributed by atoms with Crippen LogP contribution in [0.1, 0.15) is 42.8 Å². The highest BCUT2D eigenvalue weighted by molar-refractivity contribution is 5.28. The molecule has 0 unspecified atom stereocenters. The summed E-state index contributed by atoms with van der Waals surface area (Å²) in [5.41, 5.74) is 2.62. The number of hydrogen-bond acceptors (Lipinski definition) is 3. The van der Waals surface area contributed by atoms with E-state index in [0.29, 0.717) is 5.92 Å². The van der Waals surface area contributed by atoms with Crippen LogP contribution in [-0.4, -0.2) is 32.5 Å². The molecule has 134 valence electrons. The average Bonchev–Trinajstić information content (AvgIpc) is 3.18. The van der Waals surface area contributed by atoms with Gasteiger partial charge in [-0.1, -0.05) is 43.3 Å². The van der Waals surface area contributed by atoms with Crippen LogP contribution in [0, 0.1) is 0 Å². The first-order valence-corrected chi connectivity index (χ1v) is 9.59. The Hall–Kier alpha value is -2.46. The van der Waals surface area contributed by atoms with Crippen molar-refractivity contribution in [3.63, 3.8) is 0 Å². The molecule has 4 rings (SSSR count). The highest BCUT2D eigenvalue weighted by Gasteiger charge is 2.22. The number of nitrogens with zero attached hydrogens (tertiary/aromatic N) is 4. The first-order chi connectivity index (χ1) is 12.8. The van der Waals surface area contributed by atoms with Crippen molar-refractivity contribution in [2.24, 2.45) is 0 Å². The third-order valence-corrected chi connectivity index (χ3v) is 5.29. The van der Waals surface area contributed by atoms with Gasteiger partial charge >= 0.3 is 0 Å². The molecule has 0 N–H and O–H groups in total. The normalized spacial score (nSPS) is 16.0. The van der Waals surface area contributed by atoms with Gasteiger partial charge in [0.1, 0.15) is 11.6 Å². The second-order valence-electron chi connectivity index (χ2n) is 7.02. The molecule has 4 nitrogen and oxygen atoms in total. The smallest absolute Gasteiger partial charge is 0.138 e. The lowest BCUT2D eigenvalue weighted by Crippen LogP contribution is -2.32. The number of rotatable bonds is 5. The van der Waals surface area contributed by atoms with Crippen LogP contribution in [0.4, 0.5) is 0 Å². The van der Waals surface area contributed by atoms with Crippen molar-refractivity contribution in [2.75, 3.05) is 13.1 Å². The Balaban J connectivity index is 1.42. The molecule has 1 aromatic carbocycles. The molecule has 26 heavy (non-hydrogen) atoms. The molecule has 2 aromatic heterocycles. The Morgan fingerprint density at radius 1 is 1.00 bits per heavy atom. The maximum atomic E-state index is 4.96. The van der Waals surface area contributed by atoms with E-state index in [0.717, 1.165) is 37.7 Å². The molecule has 0 radical (unpaired) electrons. The standard InChI is InChI=1S/C22H26N4/c1-2-21-23-13-16-26(21)22-10-6-9-20(24-22)19-11-14-25(15-12-19)17-18-7-4-3-5-8-18/h3-10,13,16,19H,2,11-12,14-15,17H2,1H3. The van der Waals surface area contributed by atoms with E-state index in [-0.39, 0.29) is 0 Å². The summed E-state index contributed by atoms with van der Waals surface area (Å²) in [6.07, 6.45) is 7.13. The average molecular weight is 346 g/mol. The van der Waals surface area contributed by atoms with Gasteiger partial charge in [0.15, 0.2) is 0 Å². The van der Waals surface area contributed by atoms with E-state index < -0.39 is 0 Å². The zero-order valence-electron chi connectivity index (χ0n) is 15.4. The number of hydrogen-bond donors (Lipinski definition) is 0. The molecule has 0 aliphatic carbocycles. The fourth-order valence-electron chi connectivity index (χ4n) is 3.83. The Morgan fingerprint density at radius 3 is 2.58 bits per heavy atom. The third-order valence-electron chi connectivity index (χ3n) is 5.29. The number of imidazole rings is 1. The highest BCUT2D eigenvalue weighted by Crippen LogP contribution is 2.28. The van der Waals surface area contributed by atoms with Crippen LogP contribution in [0.3, 0.4) is 0 Å². The molecule has 1 saturated heterocycles. The van der Waals surface area contributed by atoms with E-state index in [4.69, 9.17) is 4.98 Å². The molecular weight excluding hydrogens is 320 g/mol. The van der Waals surface area contributed by atoms with E-state index >= 15 is 0 Å². The van der Waals surface area contributed by atoms with Gasteiger partial charge in [0, 0.05) is 37.0 Å². The van der Waals surface area contributed by atoms with Gasteiger partial charge < -0.3 is 0 Å². The molecular formula is C22H26N4. The monoisotopic (exact) mass is 346 g/mol.